The van der Waals surface area contributed by atoms with Crippen LogP contribution in [0.15, 0.2) is 65.8 Å². The number of carbonyl (C=O) groups excluding carboxylic acids is 1. The summed E-state index contributed by atoms with van der Waals surface area (Å²) in [6, 6.07) is 13.9. The van der Waals surface area contributed by atoms with Crippen LogP contribution in [-0.2, 0) is 10.0 Å². The number of hydrogen-bond acceptors (Lipinski definition) is 7. The summed E-state index contributed by atoms with van der Waals surface area (Å²) in [5.41, 5.74) is 0.916. The Hall–Kier alpha value is -3.66. The average Bonchev–Trinajstić information content (AvgIpc) is 2.78. The van der Waals surface area contributed by atoms with Gasteiger partial charge in [-0.1, -0.05) is 6.92 Å². The van der Waals surface area contributed by atoms with E-state index in [0.29, 0.717) is 23.6 Å². The van der Waals surface area contributed by atoms with Gasteiger partial charge in [0.2, 0.25) is 5.88 Å². The normalized spacial score (nSPS) is 10.9. The van der Waals surface area contributed by atoms with Gasteiger partial charge in [0.1, 0.15) is 17.9 Å². The first-order chi connectivity index (χ1) is 14.9. The Kier molecular flexibility index (Phi) is 7.03. The van der Waals surface area contributed by atoms with Crippen LogP contribution in [0.4, 0.5) is 11.5 Å². The fourth-order valence-corrected chi connectivity index (χ4v) is 3.55. The molecule has 0 saturated carbocycles. The minimum absolute atomic E-state index is 0.0144. The van der Waals surface area contributed by atoms with Crippen molar-refractivity contribution in [3.63, 3.8) is 0 Å². The first kappa shape index (κ1) is 22.0. The van der Waals surface area contributed by atoms with Crippen molar-refractivity contribution in [2.45, 2.75) is 18.2 Å². The highest BCUT2D eigenvalue weighted by molar-refractivity contribution is 7.92. The van der Waals surface area contributed by atoms with E-state index in [1.165, 1.54) is 43.8 Å². The van der Waals surface area contributed by atoms with Gasteiger partial charge in [-0.15, -0.1) is 0 Å². The molecule has 9 nitrogen and oxygen atoms in total. The minimum Gasteiger partial charge on any atom is -0.494 e. The third-order valence-electron chi connectivity index (χ3n) is 4.10. The molecule has 0 aliphatic rings. The van der Waals surface area contributed by atoms with Crippen LogP contribution in [0, 0.1) is 0 Å². The number of carbonyl (C=O) groups is 1. The number of sulfonamides is 1. The molecule has 3 aromatic rings. The molecule has 1 amide bonds. The van der Waals surface area contributed by atoms with E-state index in [1.807, 2.05) is 6.92 Å². The SMILES string of the molecule is CCCOc1ccc(C(=O)Nc2ccc(S(=O)(=O)Nc3cc(OC)ncn3)cc2)cc1. The Morgan fingerprint density at radius 3 is 2.39 bits per heavy atom. The van der Waals surface area contributed by atoms with E-state index < -0.39 is 10.0 Å². The monoisotopic (exact) mass is 442 g/mol. The first-order valence-electron chi connectivity index (χ1n) is 9.44. The van der Waals surface area contributed by atoms with Gasteiger partial charge in [0, 0.05) is 17.3 Å². The standard InChI is InChI=1S/C21H22N4O5S/c1-3-12-30-17-8-4-15(5-9-17)21(26)24-16-6-10-18(11-7-16)31(27,28)25-19-13-20(29-2)23-14-22-19/h4-11,13-14H,3,12H2,1-2H3,(H,24,26)(H,22,23,25). The van der Waals surface area contributed by atoms with Crippen molar-refractivity contribution >= 4 is 27.4 Å². The van der Waals surface area contributed by atoms with Gasteiger partial charge in [-0.2, -0.15) is 0 Å². The number of hydrogen-bond donors (Lipinski definition) is 2. The van der Waals surface area contributed by atoms with E-state index in [0.717, 1.165) is 6.42 Å². The third kappa shape index (κ3) is 5.92. The van der Waals surface area contributed by atoms with Crippen molar-refractivity contribution in [3.05, 3.63) is 66.5 Å². The molecule has 2 N–H and O–H groups in total. The van der Waals surface area contributed by atoms with Crippen molar-refractivity contribution in [2.24, 2.45) is 0 Å². The van der Waals surface area contributed by atoms with Gasteiger partial charge in [-0.05, 0) is 55.0 Å². The van der Waals surface area contributed by atoms with Gasteiger partial charge in [0.25, 0.3) is 15.9 Å². The van der Waals surface area contributed by atoms with E-state index in [9.17, 15) is 13.2 Å². The highest BCUT2D eigenvalue weighted by atomic mass is 32.2. The van der Waals surface area contributed by atoms with Crippen LogP contribution in [-0.4, -0.2) is 38.0 Å². The second-order valence-corrected chi connectivity index (χ2v) is 8.08. The Balaban J connectivity index is 1.65. The summed E-state index contributed by atoms with van der Waals surface area (Å²) in [5, 5.41) is 2.73. The van der Waals surface area contributed by atoms with Crippen LogP contribution in [0.1, 0.15) is 23.7 Å². The Morgan fingerprint density at radius 2 is 1.74 bits per heavy atom. The lowest BCUT2D eigenvalue weighted by Crippen LogP contribution is -2.15. The van der Waals surface area contributed by atoms with Crippen LogP contribution in [0.25, 0.3) is 0 Å². The summed E-state index contributed by atoms with van der Waals surface area (Å²) in [5.74, 6) is 0.692. The van der Waals surface area contributed by atoms with Crippen molar-refractivity contribution < 1.29 is 22.7 Å². The van der Waals surface area contributed by atoms with Crippen molar-refractivity contribution in [1.29, 1.82) is 0 Å². The molecular weight excluding hydrogens is 420 g/mol. The number of methoxy groups -OCH3 is 1. The maximum absolute atomic E-state index is 12.6. The molecule has 31 heavy (non-hydrogen) atoms. The molecule has 0 fully saturated rings. The van der Waals surface area contributed by atoms with Crippen LogP contribution in [0.3, 0.4) is 0 Å². The lowest BCUT2D eigenvalue weighted by atomic mass is 10.2. The zero-order chi connectivity index (χ0) is 22.3. The van der Waals surface area contributed by atoms with Gasteiger partial charge in [-0.25, -0.2) is 18.4 Å². The summed E-state index contributed by atoms with van der Waals surface area (Å²) < 4.78 is 37.9. The highest BCUT2D eigenvalue weighted by Gasteiger charge is 2.16. The van der Waals surface area contributed by atoms with E-state index in [2.05, 4.69) is 20.0 Å². The maximum atomic E-state index is 12.6. The number of aromatic nitrogens is 2. The molecule has 10 heteroatoms. The Bertz CT molecular complexity index is 1130. The molecule has 0 radical (unpaired) electrons. The number of nitrogens with one attached hydrogen (secondary N) is 2. The zero-order valence-corrected chi connectivity index (χ0v) is 17.8. The summed E-state index contributed by atoms with van der Waals surface area (Å²) in [4.78, 5) is 20.1. The molecule has 0 atom stereocenters. The molecule has 0 saturated heterocycles. The molecule has 0 spiro atoms. The van der Waals surface area contributed by atoms with Gasteiger partial charge >= 0.3 is 0 Å². The molecule has 2 aromatic carbocycles. The molecule has 3 rings (SSSR count). The smallest absolute Gasteiger partial charge is 0.263 e. The van der Waals surface area contributed by atoms with Crippen molar-refractivity contribution in [1.82, 2.24) is 9.97 Å². The Morgan fingerprint density at radius 1 is 1.03 bits per heavy atom. The molecule has 0 bridgehead atoms. The van der Waals surface area contributed by atoms with Gasteiger partial charge in [0.15, 0.2) is 0 Å². The second-order valence-electron chi connectivity index (χ2n) is 6.40. The zero-order valence-electron chi connectivity index (χ0n) is 17.0. The maximum Gasteiger partial charge on any atom is 0.263 e. The second kappa shape index (κ2) is 9.90. The van der Waals surface area contributed by atoms with E-state index >= 15 is 0 Å². The number of rotatable bonds is 9. The molecule has 0 unspecified atom stereocenters. The molecule has 0 aliphatic carbocycles. The predicted octanol–water partition coefficient (Wildman–Crippen LogP) is 3.33. The summed E-state index contributed by atoms with van der Waals surface area (Å²) in [6.45, 7) is 2.63. The number of amides is 1. The number of anilines is 2. The molecule has 1 aromatic heterocycles. The quantitative estimate of drug-likeness (QED) is 0.522. The fourth-order valence-electron chi connectivity index (χ4n) is 2.55. The van der Waals surface area contributed by atoms with Crippen LogP contribution >= 0.6 is 0 Å². The Labute approximate surface area is 180 Å². The van der Waals surface area contributed by atoms with Crippen molar-refractivity contribution in [3.8, 4) is 11.6 Å². The van der Waals surface area contributed by atoms with Crippen LogP contribution < -0.4 is 19.5 Å². The molecule has 162 valence electrons. The minimum atomic E-state index is -3.87. The van der Waals surface area contributed by atoms with E-state index in [1.54, 1.807) is 24.3 Å². The van der Waals surface area contributed by atoms with Crippen molar-refractivity contribution in [2.75, 3.05) is 23.8 Å². The van der Waals surface area contributed by atoms with Gasteiger partial charge in [0.05, 0.1) is 18.6 Å². The van der Waals surface area contributed by atoms with Crippen LogP contribution in [0.5, 0.6) is 11.6 Å². The van der Waals surface area contributed by atoms with E-state index in [4.69, 9.17) is 9.47 Å². The van der Waals surface area contributed by atoms with Crippen LogP contribution in [0.2, 0.25) is 0 Å². The largest absolute Gasteiger partial charge is 0.494 e. The summed E-state index contributed by atoms with van der Waals surface area (Å²) >= 11 is 0. The molecule has 1 heterocycles. The molecular formula is C21H22N4O5S. The first-order valence-corrected chi connectivity index (χ1v) is 10.9. The number of ether oxygens (including phenoxy) is 2. The molecule has 0 aliphatic heterocycles. The number of benzene rings is 2. The predicted molar refractivity (Wildman–Crippen MR) is 116 cm³/mol. The van der Waals surface area contributed by atoms with E-state index in [-0.39, 0.29) is 22.5 Å². The topological polar surface area (TPSA) is 120 Å². The summed E-state index contributed by atoms with van der Waals surface area (Å²) in [7, 11) is -2.45. The highest BCUT2D eigenvalue weighted by Crippen LogP contribution is 2.20. The summed E-state index contributed by atoms with van der Waals surface area (Å²) in [6.07, 6.45) is 2.09. The fraction of sp³-hybridized carbons (Fsp3) is 0.190. The third-order valence-corrected chi connectivity index (χ3v) is 5.47. The van der Waals surface area contributed by atoms with Gasteiger partial charge < -0.3 is 14.8 Å². The van der Waals surface area contributed by atoms with Gasteiger partial charge in [-0.3, -0.25) is 9.52 Å². The lowest BCUT2D eigenvalue weighted by molar-refractivity contribution is 0.102. The number of nitrogens with zero attached hydrogens (tertiary/aromatic N) is 2. The lowest BCUT2D eigenvalue weighted by Gasteiger charge is -2.10. The average molecular weight is 442 g/mol.